The molecule has 3 rings (SSSR count). The van der Waals surface area contributed by atoms with E-state index >= 15 is 0 Å². The van der Waals surface area contributed by atoms with Gasteiger partial charge in [0.2, 0.25) is 0 Å². The molecule has 0 spiro atoms. The topological polar surface area (TPSA) is 48.5 Å². The molecule has 0 amide bonds. The summed E-state index contributed by atoms with van der Waals surface area (Å²) >= 11 is 0. The van der Waals surface area contributed by atoms with Crippen LogP contribution in [0.3, 0.4) is 0 Å². The first-order valence-corrected chi connectivity index (χ1v) is 8.38. The van der Waals surface area contributed by atoms with E-state index in [0.29, 0.717) is 5.92 Å². The van der Waals surface area contributed by atoms with Crippen LogP contribution in [0, 0.1) is 0 Å². The van der Waals surface area contributed by atoms with Gasteiger partial charge in [-0.05, 0) is 25.7 Å². The Morgan fingerprint density at radius 2 is 2.18 bits per heavy atom. The van der Waals surface area contributed by atoms with Crippen molar-refractivity contribution in [1.29, 1.82) is 0 Å². The van der Waals surface area contributed by atoms with Crippen molar-refractivity contribution in [2.24, 2.45) is 7.05 Å². The number of aromatic nitrogens is 5. The lowest BCUT2D eigenvalue weighted by Gasteiger charge is -2.17. The van der Waals surface area contributed by atoms with Gasteiger partial charge in [-0.15, -0.1) is 5.10 Å². The van der Waals surface area contributed by atoms with E-state index in [-0.39, 0.29) is 0 Å². The Bertz CT molecular complexity index is 637. The van der Waals surface area contributed by atoms with Crippen LogP contribution in [-0.2, 0) is 13.5 Å². The molecular weight excluding hydrogens is 274 g/mol. The maximum absolute atomic E-state index is 4.88. The maximum atomic E-state index is 4.88. The molecular formula is C17H25N5. The third-order valence-corrected chi connectivity index (χ3v) is 4.33. The van der Waals surface area contributed by atoms with Crippen molar-refractivity contribution in [3.63, 3.8) is 0 Å². The molecule has 2 aromatic heterocycles. The highest BCUT2D eigenvalue weighted by atomic mass is 15.4. The Labute approximate surface area is 132 Å². The number of rotatable bonds is 6. The van der Waals surface area contributed by atoms with Gasteiger partial charge in [0.05, 0.1) is 6.20 Å². The molecule has 0 N–H and O–H groups in total. The second-order valence-electron chi connectivity index (χ2n) is 6.05. The van der Waals surface area contributed by atoms with Crippen LogP contribution in [-0.4, -0.2) is 24.5 Å². The van der Waals surface area contributed by atoms with E-state index in [9.17, 15) is 0 Å². The fraction of sp³-hybridized carbons (Fsp3) is 0.588. The lowest BCUT2D eigenvalue weighted by atomic mass is 9.94. The molecule has 5 nitrogen and oxygen atoms in total. The van der Waals surface area contributed by atoms with Gasteiger partial charge in [0.1, 0.15) is 5.82 Å². The van der Waals surface area contributed by atoms with E-state index in [2.05, 4.69) is 24.2 Å². The highest BCUT2D eigenvalue weighted by Crippen LogP contribution is 2.29. The molecule has 1 aliphatic carbocycles. The molecule has 1 aliphatic rings. The number of hydrogen-bond donors (Lipinski definition) is 0. The van der Waals surface area contributed by atoms with Crippen LogP contribution in [0.25, 0.3) is 5.82 Å². The third-order valence-electron chi connectivity index (χ3n) is 4.33. The summed E-state index contributed by atoms with van der Waals surface area (Å²) in [7, 11) is 1.96. The van der Waals surface area contributed by atoms with Gasteiger partial charge in [-0.25, -0.2) is 4.98 Å². The van der Waals surface area contributed by atoms with Crippen molar-refractivity contribution in [2.75, 3.05) is 0 Å². The van der Waals surface area contributed by atoms with Crippen molar-refractivity contribution < 1.29 is 0 Å². The van der Waals surface area contributed by atoms with E-state index in [4.69, 9.17) is 10.1 Å². The monoisotopic (exact) mass is 299 g/mol. The van der Waals surface area contributed by atoms with E-state index < -0.39 is 0 Å². The SMILES string of the molecule is CCCCCc1nc(C2CC=CCC2)n(-c2ccnn2C)n1. The van der Waals surface area contributed by atoms with Gasteiger partial charge in [0.25, 0.3) is 0 Å². The van der Waals surface area contributed by atoms with Crippen LogP contribution in [0.1, 0.15) is 63.0 Å². The second kappa shape index (κ2) is 6.90. The standard InChI is InChI=1S/C17H25N5/c1-3-4-6-11-15-19-17(14-9-7-5-8-10-14)22(20-15)16-12-13-18-21(16)2/h5,7,12-14H,3-4,6,8-11H2,1-2H3. The summed E-state index contributed by atoms with van der Waals surface area (Å²) in [6, 6.07) is 2.01. The minimum atomic E-state index is 0.465. The molecule has 2 aromatic rings. The summed E-state index contributed by atoms with van der Waals surface area (Å²) in [4.78, 5) is 4.88. The smallest absolute Gasteiger partial charge is 0.153 e. The number of allylic oxidation sites excluding steroid dienone is 2. The first-order chi connectivity index (χ1) is 10.8. The van der Waals surface area contributed by atoms with E-state index in [1.165, 1.54) is 12.8 Å². The Balaban J connectivity index is 1.91. The zero-order valence-corrected chi connectivity index (χ0v) is 13.6. The summed E-state index contributed by atoms with van der Waals surface area (Å²) in [5.74, 6) is 3.53. The second-order valence-corrected chi connectivity index (χ2v) is 6.05. The number of unbranched alkanes of at least 4 members (excludes halogenated alkanes) is 2. The zero-order valence-electron chi connectivity index (χ0n) is 13.6. The van der Waals surface area contributed by atoms with Crippen LogP contribution >= 0.6 is 0 Å². The van der Waals surface area contributed by atoms with Crippen LogP contribution in [0.5, 0.6) is 0 Å². The van der Waals surface area contributed by atoms with Gasteiger partial charge in [-0.2, -0.15) is 9.78 Å². The predicted molar refractivity (Wildman–Crippen MR) is 87.1 cm³/mol. The molecule has 0 aliphatic heterocycles. The molecule has 1 unspecified atom stereocenters. The van der Waals surface area contributed by atoms with Crippen LogP contribution in [0.15, 0.2) is 24.4 Å². The van der Waals surface area contributed by atoms with Gasteiger partial charge < -0.3 is 0 Å². The highest BCUT2D eigenvalue weighted by Gasteiger charge is 2.22. The molecule has 22 heavy (non-hydrogen) atoms. The Morgan fingerprint density at radius 1 is 1.27 bits per heavy atom. The van der Waals surface area contributed by atoms with Crippen molar-refractivity contribution in [1.82, 2.24) is 24.5 Å². The predicted octanol–water partition coefficient (Wildman–Crippen LogP) is 3.56. The largest absolute Gasteiger partial charge is 0.251 e. The van der Waals surface area contributed by atoms with Gasteiger partial charge in [-0.3, -0.25) is 4.68 Å². The lowest BCUT2D eigenvalue weighted by molar-refractivity contribution is 0.554. The molecule has 2 heterocycles. The summed E-state index contributed by atoms with van der Waals surface area (Å²) < 4.78 is 3.88. The lowest BCUT2D eigenvalue weighted by Crippen LogP contribution is -2.13. The Hall–Kier alpha value is -1.91. The quantitative estimate of drug-likeness (QED) is 0.605. The molecule has 0 aromatic carbocycles. The summed E-state index contributed by atoms with van der Waals surface area (Å²) in [6.45, 7) is 2.22. The van der Waals surface area contributed by atoms with Crippen LogP contribution < -0.4 is 0 Å². The van der Waals surface area contributed by atoms with E-state index in [1.807, 2.05) is 28.7 Å². The number of nitrogens with zero attached hydrogens (tertiary/aromatic N) is 5. The van der Waals surface area contributed by atoms with Gasteiger partial charge >= 0.3 is 0 Å². The molecule has 118 valence electrons. The van der Waals surface area contributed by atoms with Crippen molar-refractivity contribution >= 4 is 0 Å². The minimum Gasteiger partial charge on any atom is -0.251 e. The molecule has 0 saturated carbocycles. The summed E-state index contributed by atoms with van der Waals surface area (Å²) in [5.41, 5.74) is 0. The van der Waals surface area contributed by atoms with Crippen LogP contribution in [0.4, 0.5) is 0 Å². The molecule has 5 heteroatoms. The Morgan fingerprint density at radius 3 is 2.86 bits per heavy atom. The Kier molecular flexibility index (Phi) is 4.71. The summed E-state index contributed by atoms with van der Waals surface area (Å²) in [6.07, 6.45) is 14.3. The van der Waals surface area contributed by atoms with E-state index in [0.717, 1.165) is 49.6 Å². The highest BCUT2D eigenvalue weighted by molar-refractivity contribution is 5.24. The average Bonchev–Trinajstić information content (AvgIpc) is 3.14. The fourth-order valence-electron chi connectivity index (χ4n) is 3.04. The first kappa shape index (κ1) is 15.0. The molecule has 0 saturated heterocycles. The van der Waals surface area contributed by atoms with Gasteiger partial charge in [0.15, 0.2) is 11.6 Å². The van der Waals surface area contributed by atoms with Gasteiger partial charge in [0, 0.05) is 25.5 Å². The molecule has 0 bridgehead atoms. The fourth-order valence-corrected chi connectivity index (χ4v) is 3.04. The number of hydrogen-bond acceptors (Lipinski definition) is 3. The first-order valence-electron chi connectivity index (χ1n) is 8.38. The maximum Gasteiger partial charge on any atom is 0.153 e. The average molecular weight is 299 g/mol. The summed E-state index contributed by atoms with van der Waals surface area (Å²) in [5, 5.41) is 9.06. The van der Waals surface area contributed by atoms with Crippen molar-refractivity contribution in [3.8, 4) is 5.82 Å². The normalized spacial score (nSPS) is 18.0. The molecule has 0 fully saturated rings. The molecule has 1 atom stereocenters. The van der Waals surface area contributed by atoms with Gasteiger partial charge in [-0.1, -0.05) is 31.9 Å². The number of aryl methyl sites for hydroxylation is 2. The zero-order chi connectivity index (χ0) is 15.4. The van der Waals surface area contributed by atoms with Crippen molar-refractivity contribution in [3.05, 3.63) is 36.1 Å². The van der Waals surface area contributed by atoms with Crippen molar-refractivity contribution in [2.45, 2.75) is 57.8 Å². The van der Waals surface area contributed by atoms with Crippen LogP contribution in [0.2, 0.25) is 0 Å². The van der Waals surface area contributed by atoms with E-state index in [1.54, 1.807) is 0 Å². The third kappa shape index (κ3) is 3.13. The minimum absolute atomic E-state index is 0.465. The molecule has 0 radical (unpaired) electrons.